The summed E-state index contributed by atoms with van der Waals surface area (Å²) in [5.41, 5.74) is 1.57. The van der Waals surface area contributed by atoms with Crippen molar-refractivity contribution in [2.45, 2.75) is 37.4 Å². The van der Waals surface area contributed by atoms with E-state index in [0.29, 0.717) is 32.0 Å². The Morgan fingerprint density at radius 1 is 1.21 bits per heavy atom. The summed E-state index contributed by atoms with van der Waals surface area (Å²) >= 11 is 14.8. The van der Waals surface area contributed by atoms with E-state index in [9.17, 15) is 9.59 Å². The van der Waals surface area contributed by atoms with Crippen LogP contribution in [-0.4, -0.2) is 21.2 Å². The molecule has 6 nitrogen and oxygen atoms in total. The highest BCUT2D eigenvalue weighted by molar-refractivity contribution is 7.99. The van der Waals surface area contributed by atoms with Gasteiger partial charge in [-0.1, -0.05) is 35.0 Å². The minimum atomic E-state index is -0.247. The van der Waals surface area contributed by atoms with E-state index < -0.39 is 0 Å². The van der Waals surface area contributed by atoms with Gasteiger partial charge in [0, 0.05) is 20.6 Å². The average Bonchev–Trinajstić information content (AvgIpc) is 3.41. The highest BCUT2D eigenvalue weighted by Gasteiger charge is 2.23. The van der Waals surface area contributed by atoms with Gasteiger partial charge in [0.1, 0.15) is 10.6 Å². The number of amides is 1. The maximum Gasteiger partial charge on any atom is 0.263 e. The molecule has 0 fully saturated rings. The van der Waals surface area contributed by atoms with Crippen molar-refractivity contribution in [2.24, 2.45) is 0 Å². The second-order valence-electron chi connectivity index (χ2n) is 7.75. The van der Waals surface area contributed by atoms with Gasteiger partial charge in [-0.2, -0.15) is 0 Å². The zero-order valence-electron chi connectivity index (χ0n) is 17.4. The van der Waals surface area contributed by atoms with Crippen LogP contribution in [0.4, 0.5) is 5.69 Å². The fraction of sp³-hybridized carbons (Fsp3) is 0.261. The predicted molar refractivity (Wildman–Crippen MR) is 134 cm³/mol. The molecule has 170 valence electrons. The Hall–Kier alpha value is -2.26. The van der Waals surface area contributed by atoms with Crippen LogP contribution in [0.15, 0.2) is 51.0 Å². The Kier molecular flexibility index (Phi) is 6.51. The van der Waals surface area contributed by atoms with Crippen molar-refractivity contribution in [1.29, 1.82) is 0 Å². The third-order valence-electron chi connectivity index (χ3n) is 5.41. The first-order chi connectivity index (χ1) is 16.0. The molecule has 1 amide bonds. The number of rotatable bonds is 6. The summed E-state index contributed by atoms with van der Waals surface area (Å²) in [5, 5.41) is 4.86. The van der Waals surface area contributed by atoms with Crippen LogP contribution in [0, 0.1) is 0 Å². The lowest BCUT2D eigenvalue weighted by molar-refractivity contribution is -0.113. The number of aromatic nitrogens is 2. The summed E-state index contributed by atoms with van der Waals surface area (Å²) in [6.45, 7) is 0.257. The lowest BCUT2D eigenvalue weighted by Gasteiger charge is -2.13. The Morgan fingerprint density at radius 2 is 2.00 bits per heavy atom. The molecule has 3 aromatic heterocycles. The first-order valence-corrected chi connectivity index (χ1v) is 13.0. The zero-order chi connectivity index (χ0) is 22.9. The molecule has 1 aliphatic carbocycles. The molecule has 0 saturated heterocycles. The second-order valence-corrected chi connectivity index (χ2v) is 10.7. The summed E-state index contributed by atoms with van der Waals surface area (Å²) in [7, 11) is 0. The summed E-state index contributed by atoms with van der Waals surface area (Å²) in [6.07, 6.45) is 5.69. The SMILES string of the molecule is O=C(CSc1nc2sc3c(c2c(=O)n1Cc1ccco1)CCCC3)Nc1cc(Cl)cc(Cl)c1. The summed E-state index contributed by atoms with van der Waals surface area (Å²) in [4.78, 5) is 33.0. The number of benzene rings is 1. The number of carbonyl (C=O) groups is 1. The van der Waals surface area contributed by atoms with Gasteiger partial charge >= 0.3 is 0 Å². The molecule has 5 rings (SSSR count). The Bertz CT molecular complexity index is 1380. The number of hydrogen-bond acceptors (Lipinski definition) is 6. The molecule has 33 heavy (non-hydrogen) atoms. The van der Waals surface area contributed by atoms with Gasteiger partial charge in [0.05, 0.1) is 23.9 Å². The fourth-order valence-corrected chi connectivity index (χ4v) is 6.61. The Balaban J connectivity index is 1.45. The average molecular weight is 520 g/mol. The monoisotopic (exact) mass is 519 g/mol. The molecule has 0 bridgehead atoms. The normalized spacial score (nSPS) is 13.3. The predicted octanol–water partition coefficient (Wildman–Crippen LogP) is 6.02. The quantitative estimate of drug-likeness (QED) is 0.249. The maximum atomic E-state index is 13.6. The van der Waals surface area contributed by atoms with Gasteiger partial charge in [0.15, 0.2) is 5.16 Å². The van der Waals surface area contributed by atoms with Crippen molar-refractivity contribution in [3.8, 4) is 0 Å². The van der Waals surface area contributed by atoms with E-state index in [0.717, 1.165) is 36.1 Å². The van der Waals surface area contributed by atoms with Crippen LogP contribution in [0.3, 0.4) is 0 Å². The molecule has 3 heterocycles. The molecular formula is C23H19Cl2N3O3S2. The number of halogens is 2. The molecule has 4 aromatic rings. The molecule has 1 aliphatic rings. The molecule has 0 radical (unpaired) electrons. The number of fused-ring (bicyclic) bond motifs is 3. The lowest BCUT2D eigenvalue weighted by Crippen LogP contribution is -2.25. The highest BCUT2D eigenvalue weighted by atomic mass is 35.5. The summed E-state index contributed by atoms with van der Waals surface area (Å²) in [5.74, 6) is 0.482. The van der Waals surface area contributed by atoms with Gasteiger partial charge in [-0.15, -0.1) is 11.3 Å². The number of furan rings is 1. The number of thiophene rings is 1. The molecule has 1 N–H and O–H groups in total. The summed E-state index contributed by atoms with van der Waals surface area (Å²) in [6, 6.07) is 8.46. The number of nitrogens with one attached hydrogen (secondary N) is 1. The van der Waals surface area contributed by atoms with E-state index in [1.54, 1.807) is 46.4 Å². The van der Waals surface area contributed by atoms with Gasteiger partial charge in [0.2, 0.25) is 5.91 Å². The number of aryl methyl sites for hydroxylation is 2. The van der Waals surface area contributed by atoms with E-state index >= 15 is 0 Å². The number of nitrogens with zero attached hydrogens (tertiary/aromatic N) is 2. The molecule has 0 atom stereocenters. The van der Waals surface area contributed by atoms with Crippen molar-refractivity contribution in [3.05, 3.63) is 73.2 Å². The van der Waals surface area contributed by atoms with Gasteiger partial charge < -0.3 is 9.73 Å². The molecule has 0 aliphatic heterocycles. The Morgan fingerprint density at radius 3 is 2.76 bits per heavy atom. The van der Waals surface area contributed by atoms with Crippen molar-refractivity contribution in [1.82, 2.24) is 9.55 Å². The summed E-state index contributed by atoms with van der Waals surface area (Å²) < 4.78 is 7.09. The number of carbonyl (C=O) groups excluding carboxylic acids is 1. The van der Waals surface area contributed by atoms with E-state index in [2.05, 4.69) is 5.32 Å². The lowest BCUT2D eigenvalue weighted by atomic mass is 9.97. The second kappa shape index (κ2) is 9.54. The van der Waals surface area contributed by atoms with E-state index in [-0.39, 0.29) is 23.8 Å². The largest absolute Gasteiger partial charge is 0.467 e. The van der Waals surface area contributed by atoms with Crippen LogP contribution in [0.25, 0.3) is 10.2 Å². The minimum Gasteiger partial charge on any atom is -0.467 e. The van der Waals surface area contributed by atoms with E-state index in [1.807, 2.05) is 6.07 Å². The molecule has 0 saturated carbocycles. The van der Waals surface area contributed by atoms with Crippen molar-refractivity contribution >= 4 is 68.1 Å². The van der Waals surface area contributed by atoms with E-state index in [4.69, 9.17) is 32.6 Å². The molecular weight excluding hydrogens is 501 g/mol. The molecule has 10 heteroatoms. The van der Waals surface area contributed by atoms with Gasteiger partial charge in [-0.25, -0.2) is 4.98 Å². The zero-order valence-corrected chi connectivity index (χ0v) is 20.5. The van der Waals surface area contributed by atoms with Gasteiger partial charge in [-0.05, 0) is 61.6 Å². The van der Waals surface area contributed by atoms with Crippen molar-refractivity contribution in [3.63, 3.8) is 0 Å². The maximum absolute atomic E-state index is 13.6. The standard InChI is InChI=1S/C23H19Cl2N3O3S2/c24-13-8-14(25)10-15(9-13)26-19(29)12-32-23-27-21-20(17-5-1-2-6-18(17)33-21)22(30)28(23)11-16-4-3-7-31-16/h3-4,7-10H,1-2,5-6,11-12H2,(H,26,29). The van der Waals surface area contributed by atoms with Crippen LogP contribution >= 0.6 is 46.3 Å². The van der Waals surface area contributed by atoms with Crippen LogP contribution in [-0.2, 0) is 24.2 Å². The number of hydrogen-bond donors (Lipinski definition) is 1. The van der Waals surface area contributed by atoms with Crippen LogP contribution in [0.5, 0.6) is 0 Å². The molecule has 0 unspecified atom stereocenters. The first kappa shape index (κ1) is 22.5. The fourth-order valence-electron chi connectivity index (χ4n) is 3.98. The minimum absolute atomic E-state index is 0.0747. The van der Waals surface area contributed by atoms with Crippen LogP contribution < -0.4 is 10.9 Å². The smallest absolute Gasteiger partial charge is 0.263 e. The first-order valence-electron chi connectivity index (χ1n) is 10.4. The molecule has 0 spiro atoms. The topological polar surface area (TPSA) is 77.1 Å². The number of anilines is 1. The van der Waals surface area contributed by atoms with Gasteiger partial charge in [-0.3, -0.25) is 14.2 Å². The van der Waals surface area contributed by atoms with Gasteiger partial charge in [0.25, 0.3) is 5.56 Å². The highest BCUT2D eigenvalue weighted by Crippen LogP contribution is 2.35. The third kappa shape index (κ3) is 4.84. The van der Waals surface area contributed by atoms with E-state index in [1.165, 1.54) is 16.6 Å². The van der Waals surface area contributed by atoms with Crippen LogP contribution in [0.1, 0.15) is 29.0 Å². The number of thioether (sulfide) groups is 1. The third-order valence-corrected chi connectivity index (χ3v) is 8.01. The molecule has 1 aromatic carbocycles. The van der Waals surface area contributed by atoms with Crippen LogP contribution in [0.2, 0.25) is 10.0 Å². The Labute approximate surface area is 207 Å². The van der Waals surface area contributed by atoms with Crippen molar-refractivity contribution < 1.29 is 9.21 Å². The van der Waals surface area contributed by atoms with Crippen molar-refractivity contribution in [2.75, 3.05) is 11.1 Å².